The predicted molar refractivity (Wildman–Crippen MR) is 32.3 cm³/mol. The molecular formula is C5H13Al. The molecular weight excluding hydrogens is 87.0 g/mol. The van der Waals surface area contributed by atoms with Crippen LogP contribution in [0.1, 0.15) is 29.0 Å². The molecule has 0 bridgehead atoms. The SMILES string of the molecule is CCCC[CH2][Al+2].[H-].[H-]. The fourth-order valence-electron chi connectivity index (χ4n) is 0.394. The van der Waals surface area contributed by atoms with Gasteiger partial charge in [0.25, 0.3) is 0 Å². The molecule has 0 atom stereocenters. The Morgan fingerprint density at radius 2 is 2.17 bits per heavy atom. The van der Waals surface area contributed by atoms with Gasteiger partial charge in [-0.1, -0.05) is 0 Å². The predicted octanol–water partition coefficient (Wildman–Crippen LogP) is 1.99. The van der Waals surface area contributed by atoms with Crippen LogP contribution in [-0.2, 0) is 0 Å². The van der Waals surface area contributed by atoms with Crippen LogP contribution in [0.2, 0.25) is 5.28 Å². The fraction of sp³-hybridized carbons (Fsp3) is 1.00. The van der Waals surface area contributed by atoms with Crippen molar-refractivity contribution >= 4 is 16.3 Å². The van der Waals surface area contributed by atoms with E-state index < -0.39 is 0 Å². The van der Waals surface area contributed by atoms with Gasteiger partial charge in [-0.15, -0.1) is 0 Å². The van der Waals surface area contributed by atoms with Crippen LogP contribution < -0.4 is 0 Å². The van der Waals surface area contributed by atoms with Gasteiger partial charge in [-0.25, -0.2) is 0 Å². The van der Waals surface area contributed by atoms with Gasteiger partial charge in [0.2, 0.25) is 0 Å². The molecule has 0 fully saturated rings. The first-order valence-corrected chi connectivity index (χ1v) is 3.43. The monoisotopic (exact) mass is 100 g/mol. The van der Waals surface area contributed by atoms with Gasteiger partial charge in [0.1, 0.15) is 0 Å². The quantitative estimate of drug-likeness (QED) is 0.376. The number of rotatable bonds is 3. The van der Waals surface area contributed by atoms with Crippen molar-refractivity contribution in [3.8, 4) is 0 Å². The van der Waals surface area contributed by atoms with Crippen LogP contribution in [0.5, 0.6) is 0 Å². The van der Waals surface area contributed by atoms with Crippen LogP contribution in [0.25, 0.3) is 0 Å². The molecule has 0 aliphatic heterocycles. The van der Waals surface area contributed by atoms with Crippen LogP contribution in [0.4, 0.5) is 0 Å². The molecule has 0 unspecified atom stereocenters. The average molecular weight is 100 g/mol. The molecule has 0 radical (unpaired) electrons. The molecule has 0 heterocycles. The molecule has 0 saturated carbocycles. The minimum absolute atomic E-state index is 0. The Hall–Kier alpha value is 0.532. The van der Waals surface area contributed by atoms with Crippen molar-refractivity contribution in [1.82, 2.24) is 0 Å². The summed E-state index contributed by atoms with van der Waals surface area (Å²) < 4.78 is 0. The van der Waals surface area contributed by atoms with E-state index in [9.17, 15) is 0 Å². The van der Waals surface area contributed by atoms with Crippen molar-refractivity contribution in [3.63, 3.8) is 0 Å². The first-order valence-electron chi connectivity index (χ1n) is 2.62. The van der Waals surface area contributed by atoms with Gasteiger partial charge in [0, 0.05) is 0 Å². The smallest absolute Gasteiger partial charge is 1.00 e. The Morgan fingerprint density at radius 1 is 1.50 bits per heavy atom. The van der Waals surface area contributed by atoms with Gasteiger partial charge in [0.05, 0.1) is 0 Å². The van der Waals surface area contributed by atoms with E-state index in [1.165, 1.54) is 24.5 Å². The van der Waals surface area contributed by atoms with Gasteiger partial charge in [-0.05, 0) is 0 Å². The standard InChI is InChI=1S/C5H11.Al.2H/c1-3-5-4-2;;;/h1,3-5H2,2H3;;;/q;+2;2*-1. The summed E-state index contributed by atoms with van der Waals surface area (Å²) in [5.41, 5.74) is 0. The van der Waals surface area contributed by atoms with Crippen LogP contribution in [0.3, 0.4) is 0 Å². The van der Waals surface area contributed by atoms with Crippen LogP contribution >= 0.6 is 0 Å². The molecule has 0 aliphatic rings. The van der Waals surface area contributed by atoms with E-state index in [0.717, 1.165) is 0 Å². The Labute approximate surface area is 51.3 Å². The van der Waals surface area contributed by atoms with Crippen molar-refractivity contribution < 1.29 is 2.85 Å². The third-order valence-electron chi connectivity index (χ3n) is 0.808. The molecule has 0 N–H and O–H groups in total. The molecule has 6 heavy (non-hydrogen) atoms. The second-order valence-corrected chi connectivity index (χ2v) is 2.07. The van der Waals surface area contributed by atoms with E-state index in [1.54, 1.807) is 0 Å². The molecule has 0 rings (SSSR count). The molecule has 1 heteroatoms. The first-order chi connectivity index (χ1) is 2.91. The molecule has 0 aliphatic carbocycles. The van der Waals surface area contributed by atoms with E-state index in [4.69, 9.17) is 0 Å². The summed E-state index contributed by atoms with van der Waals surface area (Å²) in [7, 11) is 0. The van der Waals surface area contributed by atoms with Gasteiger partial charge in [-0.3, -0.25) is 0 Å². The molecule has 36 valence electrons. The molecule has 0 saturated heterocycles. The van der Waals surface area contributed by atoms with Crippen LogP contribution in [0, 0.1) is 0 Å². The number of hydrogen-bond acceptors (Lipinski definition) is 0. The third-order valence-corrected chi connectivity index (χ3v) is 1.22. The first kappa shape index (κ1) is 6.53. The van der Waals surface area contributed by atoms with Crippen LogP contribution in [0.15, 0.2) is 0 Å². The Kier molecular flexibility index (Phi) is 6.02. The summed E-state index contributed by atoms with van der Waals surface area (Å²) in [5, 5.41) is 1.27. The number of hydrogen-bond donors (Lipinski definition) is 0. The van der Waals surface area contributed by atoms with Crippen molar-refractivity contribution in [2.45, 2.75) is 31.5 Å². The van der Waals surface area contributed by atoms with E-state index in [0.29, 0.717) is 0 Å². The maximum atomic E-state index is 2.73. The number of unbranched alkanes of at least 4 members (excludes halogenated alkanes) is 2. The van der Waals surface area contributed by atoms with Gasteiger partial charge in [-0.2, -0.15) is 0 Å². The fourth-order valence-corrected chi connectivity index (χ4v) is 0.683. The third kappa shape index (κ3) is 4.53. The van der Waals surface area contributed by atoms with Gasteiger partial charge >= 0.3 is 47.8 Å². The van der Waals surface area contributed by atoms with E-state index in [1.807, 2.05) is 0 Å². The van der Waals surface area contributed by atoms with Crippen molar-refractivity contribution in [2.24, 2.45) is 0 Å². The Bertz CT molecular complexity index is 22.4. The molecule has 0 aromatic heterocycles. The van der Waals surface area contributed by atoms with Gasteiger partial charge in [0.15, 0.2) is 0 Å². The Morgan fingerprint density at radius 3 is 2.33 bits per heavy atom. The van der Waals surface area contributed by atoms with E-state index in [2.05, 4.69) is 23.2 Å². The summed E-state index contributed by atoms with van der Waals surface area (Å²) in [6.07, 6.45) is 4.11. The minimum Gasteiger partial charge on any atom is -1.00 e. The van der Waals surface area contributed by atoms with Crippen molar-refractivity contribution in [1.29, 1.82) is 0 Å². The van der Waals surface area contributed by atoms with Crippen molar-refractivity contribution in [3.05, 3.63) is 0 Å². The maximum absolute atomic E-state index is 2.73. The zero-order valence-electron chi connectivity index (χ0n) is 6.41. The van der Waals surface area contributed by atoms with Crippen LogP contribution in [-0.4, -0.2) is 16.3 Å². The average Bonchev–Trinajstić information content (AvgIpc) is 1.61. The summed E-state index contributed by atoms with van der Waals surface area (Å²) >= 11 is 2.73. The zero-order valence-corrected chi connectivity index (χ0v) is 5.56. The summed E-state index contributed by atoms with van der Waals surface area (Å²) in [6, 6.07) is 0. The van der Waals surface area contributed by atoms with Gasteiger partial charge < -0.3 is 2.85 Å². The molecule has 0 amide bonds. The normalized spacial score (nSPS) is 9.17. The Balaban J connectivity index is -0.000000125. The van der Waals surface area contributed by atoms with E-state index in [-0.39, 0.29) is 2.85 Å². The molecule has 0 aromatic rings. The maximum Gasteiger partial charge on any atom is -1.00 e. The summed E-state index contributed by atoms with van der Waals surface area (Å²) in [5.74, 6) is 0. The second-order valence-electron chi connectivity index (χ2n) is 1.50. The largest absolute Gasteiger partial charge is 1.00 e. The molecule has 0 aromatic carbocycles. The van der Waals surface area contributed by atoms with E-state index >= 15 is 0 Å². The molecule has 0 nitrogen and oxygen atoms in total. The topological polar surface area (TPSA) is 0 Å². The molecule has 0 spiro atoms. The van der Waals surface area contributed by atoms with Crippen molar-refractivity contribution in [2.75, 3.05) is 0 Å². The second kappa shape index (κ2) is 5.53. The summed E-state index contributed by atoms with van der Waals surface area (Å²) in [6.45, 7) is 2.22. The minimum atomic E-state index is 0. The zero-order chi connectivity index (χ0) is 4.83. The summed E-state index contributed by atoms with van der Waals surface area (Å²) in [4.78, 5) is 0.